The van der Waals surface area contributed by atoms with E-state index in [1.54, 1.807) is 36.4 Å². The van der Waals surface area contributed by atoms with Crippen LogP contribution in [0.15, 0.2) is 72.8 Å². The molecule has 0 radical (unpaired) electrons. The number of hydrogen-bond donors (Lipinski definition) is 0. The lowest BCUT2D eigenvalue weighted by molar-refractivity contribution is 0.0319. The quantitative estimate of drug-likeness (QED) is 0.0962. The largest absolute Gasteiger partial charge is 0.494 e. The van der Waals surface area contributed by atoms with Crippen molar-refractivity contribution in [3.63, 3.8) is 0 Å². The first kappa shape index (κ1) is 30.9. The van der Waals surface area contributed by atoms with Gasteiger partial charge in [0, 0.05) is 0 Å². The lowest BCUT2D eigenvalue weighted by Gasteiger charge is -2.13. The normalized spacial score (nSPS) is 11.6. The molecule has 0 saturated heterocycles. The molecule has 0 amide bonds. The van der Waals surface area contributed by atoms with Gasteiger partial charge in [0.15, 0.2) is 0 Å². The molecule has 5 heteroatoms. The third-order valence-corrected chi connectivity index (χ3v) is 6.90. The first-order valence-electron chi connectivity index (χ1n) is 14.9. The zero-order valence-corrected chi connectivity index (χ0v) is 24.3. The minimum Gasteiger partial charge on any atom is -0.494 e. The van der Waals surface area contributed by atoms with Gasteiger partial charge in [-0.1, -0.05) is 83.1 Å². The van der Waals surface area contributed by atoms with Crippen molar-refractivity contribution >= 4 is 11.9 Å². The van der Waals surface area contributed by atoms with Crippen LogP contribution in [0, 0.1) is 0 Å². The molecular weight excluding hydrogens is 500 g/mol. The lowest BCUT2D eigenvalue weighted by Crippen LogP contribution is -2.15. The van der Waals surface area contributed by atoms with Gasteiger partial charge in [0.2, 0.25) is 0 Å². The molecule has 0 heterocycles. The van der Waals surface area contributed by atoms with Crippen molar-refractivity contribution in [3.8, 4) is 22.6 Å². The highest BCUT2D eigenvalue weighted by molar-refractivity contribution is 5.92. The molecule has 3 rings (SSSR count). The molecule has 0 fully saturated rings. The fraction of sp³-hybridized carbons (Fsp3) is 0.429. The number of ether oxygens (including phenoxy) is 3. The summed E-state index contributed by atoms with van der Waals surface area (Å²) >= 11 is 0. The van der Waals surface area contributed by atoms with Crippen molar-refractivity contribution in [3.05, 3.63) is 83.9 Å². The molecule has 0 N–H and O–H groups in total. The zero-order valence-electron chi connectivity index (χ0n) is 24.3. The monoisotopic (exact) mass is 544 g/mol. The maximum atomic E-state index is 12.7. The van der Waals surface area contributed by atoms with Gasteiger partial charge in [0.05, 0.1) is 23.8 Å². The summed E-state index contributed by atoms with van der Waals surface area (Å²) in [5, 5.41) is 0. The third-order valence-electron chi connectivity index (χ3n) is 6.90. The van der Waals surface area contributed by atoms with Crippen molar-refractivity contribution in [1.82, 2.24) is 0 Å². The fourth-order valence-corrected chi connectivity index (χ4v) is 4.43. The Morgan fingerprint density at radius 1 is 0.600 bits per heavy atom. The molecular formula is C35H44O5. The van der Waals surface area contributed by atoms with Crippen LogP contribution in [0.4, 0.5) is 0 Å². The molecule has 0 aliphatic heterocycles. The average Bonchev–Trinajstić information content (AvgIpc) is 2.97. The number of hydrogen-bond acceptors (Lipinski definition) is 5. The van der Waals surface area contributed by atoms with Crippen LogP contribution < -0.4 is 9.47 Å². The SMILES string of the molecule is CCCCCCCCOc1ccc(-c2ccc(C(=O)Oc3ccc(C(=O)OC(C)CCCCC)cc3)cc2)cc1. The molecule has 3 aromatic carbocycles. The highest BCUT2D eigenvalue weighted by atomic mass is 16.5. The molecule has 214 valence electrons. The van der Waals surface area contributed by atoms with Gasteiger partial charge in [-0.05, 0) is 85.8 Å². The van der Waals surface area contributed by atoms with Crippen LogP contribution in [0.3, 0.4) is 0 Å². The number of carbonyl (C=O) groups excluding carboxylic acids is 2. The fourth-order valence-electron chi connectivity index (χ4n) is 4.43. The van der Waals surface area contributed by atoms with E-state index in [-0.39, 0.29) is 12.1 Å². The summed E-state index contributed by atoms with van der Waals surface area (Å²) in [4.78, 5) is 25.0. The number of unbranched alkanes of at least 4 members (excludes halogenated alkanes) is 7. The van der Waals surface area contributed by atoms with Crippen LogP contribution in [0.25, 0.3) is 11.1 Å². The van der Waals surface area contributed by atoms with Gasteiger partial charge in [0.1, 0.15) is 11.5 Å². The van der Waals surface area contributed by atoms with Crippen LogP contribution in [0.2, 0.25) is 0 Å². The van der Waals surface area contributed by atoms with E-state index in [1.165, 1.54) is 32.1 Å². The van der Waals surface area contributed by atoms with Crippen molar-refractivity contribution in [2.24, 2.45) is 0 Å². The number of rotatable bonds is 17. The predicted octanol–water partition coefficient (Wildman–Crippen LogP) is 9.44. The van der Waals surface area contributed by atoms with E-state index in [0.717, 1.165) is 55.6 Å². The van der Waals surface area contributed by atoms with Gasteiger partial charge in [0.25, 0.3) is 0 Å². The first-order chi connectivity index (χ1) is 19.5. The van der Waals surface area contributed by atoms with Crippen LogP contribution in [0.5, 0.6) is 11.5 Å². The highest BCUT2D eigenvalue weighted by Crippen LogP contribution is 2.24. The third kappa shape index (κ3) is 10.5. The molecule has 0 aliphatic carbocycles. The van der Waals surface area contributed by atoms with Gasteiger partial charge in [-0.25, -0.2) is 9.59 Å². The summed E-state index contributed by atoms with van der Waals surface area (Å²) in [6.45, 7) is 7.03. The first-order valence-corrected chi connectivity index (χ1v) is 14.9. The number of benzene rings is 3. The van der Waals surface area contributed by atoms with Gasteiger partial charge in [-0.2, -0.15) is 0 Å². The smallest absolute Gasteiger partial charge is 0.343 e. The Balaban J connectivity index is 1.46. The average molecular weight is 545 g/mol. The Morgan fingerprint density at radius 2 is 1.10 bits per heavy atom. The Kier molecular flexibility index (Phi) is 13.3. The Labute approximate surface area is 239 Å². The molecule has 1 unspecified atom stereocenters. The van der Waals surface area contributed by atoms with Gasteiger partial charge in [-0.15, -0.1) is 0 Å². The molecule has 0 bridgehead atoms. The summed E-state index contributed by atoms with van der Waals surface area (Å²) in [5.41, 5.74) is 2.94. The molecule has 40 heavy (non-hydrogen) atoms. The zero-order chi connectivity index (χ0) is 28.6. The van der Waals surface area contributed by atoms with Crippen molar-refractivity contribution in [2.45, 2.75) is 91.1 Å². The minimum atomic E-state index is -0.454. The van der Waals surface area contributed by atoms with E-state index in [1.807, 2.05) is 43.3 Å². The molecule has 0 saturated carbocycles. The van der Waals surface area contributed by atoms with Gasteiger partial charge < -0.3 is 14.2 Å². The summed E-state index contributed by atoms with van der Waals surface area (Å²) < 4.78 is 16.9. The van der Waals surface area contributed by atoms with E-state index in [2.05, 4.69) is 13.8 Å². The molecule has 0 spiro atoms. The Hall–Kier alpha value is -3.60. The number of esters is 2. The van der Waals surface area contributed by atoms with Crippen LogP contribution in [-0.2, 0) is 4.74 Å². The van der Waals surface area contributed by atoms with Crippen LogP contribution in [0.1, 0.15) is 106 Å². The van der Waals surface area contributed by atoms with Gasteiger partial charge >= 0.3 is 11.9 Å². The topological polar surface area (TPSA) is 61.8 Å². The second-order valence-corrected chi connectivity index (χ2v) is 10.3. The molecule has 0 aliphatic rings. The maximum Gasteiger partial charge on any atom is 0.343 e. The van der Waals surface area contributed by atoms with Gasteiger partial charge in [-0.3, -0.25) is 0 Å². The predicted molar refractivity (Wildman–Crippen MR) is 161 cm³/mol. The summed E-state index contributed by atoms with van der Waals surface area (Å²) in [6, 6.07) is 21.8. The molecule has 5 nitrogen and oxygen atoms in total. The van der Waals surface area contributed by atoms with E-state index >= 15 is 0 Å². The Morgan fingerprint density at radius 3 is 1.75 bits per heavy atom. The molecule has 1 atom stereocenters. The van der Waals surface area contributed by atoms with Crippen molar-refractivity contribution in [2.75, 3.05) is 6.61 Å². The lowest BCUT2D eigenvalue weighted by atomic mass is 10.0. The standard InChI is InChI=1S/C35H44O5/c1-4-6-8-9-10-12-26-38-32-22-18-29(19-23-32)28-14-16-30(17-15-28)35(37)40-33-24-20-31(21-25-33)34(36)39-27(3)13-11-7-5-2/h14-25,27H,4-13,26H2,1-3H3. The van der Waals surface area contributed by atoms with Crippen molar-refractivity contribution in [1.29, 1.82) is 0 Å². The number of carbonyl (C=O) groups is 2. The van der Waals surface area contributed by atoms with Crippen molar-refractivity contribution < 1.29 is 23.8 Å². The molecule has 0 aromatic heterocycles. The van der Waals surface area contributed by atoms with Crippen LogP contribution in [-0.4, -0.2) is 24.6 Å². The maximum absolute atomic E-state index is 12.7. The van der Waals surface area contributed by atoms with E-state index in [4.69, 9.17) is 14.2 Å². The van der Waals surface area contributed by atoms with E-state index in [9.17, 15) is 9.59 Å². The second kappa shape index (κ2) is 17.2. The van der Waals surface area contributed by atoms with E-state index < -0.39 is 5.97 Å². The minimum absolute atomic E-state index is 0.124. The van der Waals surface area contributed by atoms with Crippen LogP contribution >= 0.6 is 0 Å². The summed E-state index contributed by atoms with van der Waals surface area (Å²) in [6.07, 6.45) is 11.5. The summed E-state index contributed by atoms with van der Waals surface area (Å²) in [7, 11) is 0. The molecule has 3 aromatic rings. The van der Waals surface area contributed by atoms with E-state index in [0.29, 0.717) is 16.9 Å². The summed E-state index contributed by atoms with van der Waals surface area (Å²) in [5.74, 6) is 0.427. The second-order valence-electron chi connectivity index (χ2n) is 10.3. The highest BCUT2D eigenvalue weighted by Gasteiger charge is 2.14. The Bertz CT molecular complexity index is 1150.